The van der Waals surface area contributed by atoms with E-state index in [1.54, 1.807) is 0 Å². The minimum atomic E-state index is 0.923. The van der Waals surface area contributed by atoms with Gasteiger partial charge in [-0.2, -0.15) is 0 Å². The van der Waals surface area contributed by atoms with E-state index in [-0.39, 0.29) is 0 Å². The topological polar surface area (TPSA) is 28.8 Å². The minimum Gasteiger partial charge on any atom is -0.309 e. The van der Waals surface area contributed by atoms with Gasteiger partial charge >= 0.3 is 0 Å². The lowest BCUT2D eigenvalue weighted by atomic mass is 9.89. The normalized spacial score (nSPS) is 12.7. The van der Waals surface area contributed by atoms with E-state index >= 15 is 0 Å². The molecule has 1 aromatic heterocycles. The van der Waals surface area contributed by atoms with Gasteiger partial charge in [-0.3, -0.25) is 0 Å². The summed E-state index contributed by atoms with van der Waals surface area (Å²) in [5.74, 6) is 0. The Balaban J connectivity index is 0.00000177. The standard InChI is InChI=1S/C46H34N2.C2H6/c1-2-30(29-47)36-19-23-42-38(26-36)21-25-44-43-24-20-37(28-45(43)48(46(42)44)39-22-18-31-8-3-4-10-35(31)27-39)32-14-16-34(17-15-32)41-13-7-11-33-9-5-6-12-40(33)41;1-2/h2-4,6-8,10-29,47H,5,9H2,1H3;1-2H3/b30-2+,47-29?;. The van der Waals surface area contributed by atoms with E-state index in [9.17, 15) is 0 Å². The van der Waals surface area contributed by atoms with Crippen molar-refractivity contribution in [3.63, 3.8) is 0 Å². The highest BCUT2D eigenvalue weighted by molar-refractivity contribution is 6.20. The smallest absolute Gasteiger partial charge is 0.0619 e. The van der Waals surface area contributed by atoms with Gasteiger partial charge in [-0.15, -0.1) is 0 Å². The van der Waals surface area contributed by atoms with Crippen LogP contribution in [0.1, 0.15) is 43.9 Å². The maximum atomic E-state index is 7.91. The average Bonchev–Trinajstić information content (AvgIpc) is 3.53. The lowest BCUT2D eigenvalue weighted by molar-refractivity contribution is 0.986. The lowest BCUT2D eigenvalue weighted by Gasteiger charge is -2.15. The summed E-state index contributed by atoms with van der Waals surface area (Å²) < 4.78 is 2.45. The molecule has 1 aliphatic carbocycles. The molecule has 0 bridgehead atoms. The van der Waals surface area contributed by atoms with E-state index in [1.807, 2.05) is 26.8 Å². The summed E-state index contributed by atoms with van der Waals surface area (Å²) in [5.41, 5.74) is 13.3. The van der Waals surface area contributed by atoms with Crippen LogP contribution in [-0.4, -0.2) is 10.8 Å². The minimum absolute atomic E-state index is 0.923. The van der Waals surface area contributed by atoms with Crippen LogP contribution in [0.15, 0.2) is 146 Å². The zero-order valence-corrected chi connectivity index (χ0v) is 28.9. The lowest BCUT2D eigenvalue weighted by Crippen LogP contribution is -1.96. The molecule has 1 aliphatic rings. The quantitative estimate of drug-likeness (QED) is 0.181. The Hall–Kier alpha value is -5.99. The highest BCUT2D eigenvalue weighted by Crippen LogP contribution is 2.40. The molecule has 0 amide bonds. The second kappa shape index (κ2) is 13.1. The van der Waals surface area contributed by atoms with Crippen molar-refractivity contribution in [3.05, 3.63) is 162 Å². The van der Waals surface area contributed by atoms with Gasteiger partial charge in [0.1, 0.15) is 0 Å². The number of nitrogens with zero attached hydrogens (tertiary/aromatic N) is 1. The van der Waals surface area contributed by atoms with Gasteiger partial charge in [0.05, 0.1) is 11.0 Å². The van der Waals surface area contributed by atoms with Crippen molar-refractivity contribution in [2.75, 3.05) is 0 Å². The molecule has 1 heterocycles. The molecule has 2 heteroatoms. The fourth-order valence-electron chi connectivity index (χ4n) is 7.67. The third-order valence-electron chi connectivity index (χ3n) is 10.1. The van der Waals surface area contributed by atoms with Crippen molar-refractivity contribution in [2.45, 2.75) is 33.6 Å². The van der Waals surface area contributed by atoms with Crippen LogP contribution in [0.3, 0.4) is 0 Å². The molecule has 8 aromatic rings. The molecule has 0 unspecified atom stereocenters. The van der Waals surface area contributed by atoms with Crippen molar-refractivity contribution in [3.8, 4) is 27.9 Å². The van der Waals surface area contributed by atoms with Crippen LogP contribution in [0.2, 0.25) is 0 Å². The van der Waals surface area contributed by atoms with Gasteiger partial charge in [-0.05, 0) is 105 Å². The Morgan fingerprint density at radius 2 is 1.38 bits per heavy atom. The summed E-state index contributed by atoms with van der Waals surface area (Å²) in [4.78, 5) is 0. The van der Waals surface area contributed by atoms with Crippen molar-refractivity contribution in [1.29, 1.82) is 5.41 Å². The van der Waals surface area contributed by atoms with Crippen molar-refractivity contribution in [1.82, 2.24) is 4.57 Å². The van der Waals surface area contributed by atoms with E-state index in [1.165, 1.54) is 82.9 Å². The Bertz CT molecular complexity index is 2630. The van der Waals surface area contributed by atoms with E-state index in [2.05, 4.69) is 150 Å². The molecule has 0 aliphatic heterocycles. The summed E-state index contributed by atoms with van der Waals surface area (Å²) in [6, 6.07) is 49.2. The third kappa shape index (κ3) is 5.25. The summed E-state index contributed by atoms with van der Waals surface area (Å²) in [6.45, 7) is 5.99. The van der Waals surface area contributed by atoms with Crippen LogP contribution >= 0.6 is 0 Å². The van der Waals surface area contributed by atoms with Crippen LogP contribution in [-0.2, 0) is 6.42 Å². The predicted octanol–water partition coefficient (Wildman–Crippen LogP) is 13.5. The van der Waals surface area contributed by atoms with Gasteiger partial charge in [0, 0.05) is 28.1 Å². The average molecular weight is 645 g/mol. The summed E-state index contributed by atoms with van der Waals surface area (Å²) in [5, 5.41) is 15.2. The Morgan fingerprint density at radius 1 is 0.640 bits per heavy atom. The largest absolute Gasteiger partial charge is 0.309 e. The highest BCUT2D eigenvalue weighted by atomic mass is 15.0. The van der Waals surface area contributed by atoms with Gasteiger partial charge < -0.3 is 9.98 Å². The van der Waals surface area contributed by atoms with Gasteiger partial charge in [0.25, 0.3) is 0 Å². The molecular formula is C48H40N2. The number of allylic oxidation sites excluding steroid dienone is 3. The van der Waals surface area contributed by atoms with Gasteiger partial charge in [-0.1, -0.05) is 141 Å². The molecule has 0 radical (unpaired) electrons. The number of rotatable bonds is 5. The van der Waals surface area contributed by atoms with Crippen LogP contribution < -0.4 is 0 Å². The molecule has 2 nitrogen and oxygen atoms in total. The summed E-state index contributed by atoms with van der Waals surface area (Å²) in [7, 11) is 0. The molecule has 50 heavy (non-hydrogen) atoms. The predicted molar refractivity (Wildman–Crippen MR) is 218 cm³/mol. The fourth-order valence-corrected chi connectivity index (χ4v) is 7.67. The number of aromatic nitrogens is 1. The van der Waals surface area contributed by atoms with Crippen LogP contribution in [0.4, 0.5) is 0 Å². The maximum absolute atomic E-state index is 7.91. The highest BCUT2D eigenvalue weighted by Gasteiger charge is 2.17. The van der Waals surface area contributed by atoms with E-state index in [0.29, 0.717) is 0 Å². The third-order valence-corrected chi connectivity index (χ3v) is 10.1. The molecule has 0 saturated heterocycles. The second-order valence-corrected chi connectivity index (χ2v) is 12.8. The van der Waals surface area contributed by atoms with Gasteiger partial charge in [-0.25, -0.2) is 0 Å². The van der Waals surface area contributed by atoms with Crippen LogP contribution in [0.5, 0.6) is 0 Å². The maximum Gasteiger partial charge on any atom is 0.0619 e. The molecule has 242 valence electrons. The number of hydrogen-bond acceptors (Lipinski definition) is 1. The summed E-state index contributed by atoms with van der Waals surface area (Å²) >= 11 is 0. The first-order chi connectivity index (χ1) is 24.7. The van der Waals surface area contributed by atoms with Crippen LogP contribution in [0.25, 0.3) is 82.9 Å². The number of aryl methyl sites for hydroxylation is 1. The van der Waals surface area contributed by atoms with Crippen molar-refractivity contribution >= 4 is 61.2 Å². The number of fused-ring (bicyclic) bond motifs is 7. The van der Waals surface area contributed by atoms with E-state index < -0.39 is 0 Å². The second-order valence-electron chi connectivity index (χ2n) is 12.8. The Labute approximate surface area is 294 Å². The molecule has 7 aromatic carbocycles. The molecular weight excluding hydrogens is 605 g/mol. The van der Waals surface area contributed by atoms with Gasteiger partial charge in [0.15, 0.2) is 0 Å². The first-order valence-corrected chi connectivity index (χ1v) is 17.8. The van der Waals surface area contributed by atoms with Crippen molar-refractivity contribution in [2.24, 2.45) is 0 Å². The first kappa shape index (κ1) is 31.3. The number of hydrogen-bond donors (Lipinski definition) is 1. The fraction of sp³-hybridized carbons (Fsp3) is 0.104. The van der Waals surface area contributed by atoms with Gasteiger partial charge in [0.2, 0.25) is 0 Å². The zero-order chi connectivity index (χ0) is 34.2. The van der Waals surface area contributed by atoms with Crippen LogP contribution in [0, 0.1) is 5.41 Å². The zero-order valence-electron chi connectivity index (χ0n) is 28.9. The SMILES string of the molecule is C/C=C(\C=N)c1ccc2c(ccc3c4ccc(-c5ccc(-c6cccc7c6C=CCC7)cc5)cc4n(-c4ccc5ccccc5c4)c23)c1.CC. The summed E-state index contributed by atoms with van der Waals surface area (Å²) in [6.07, 6.45) is 10.2. The molecule has 0 fully saturated rings. The molecule has 0 atom stereocenters. The number of benzene rings is 7. The molecule has 0 saturated carbocycles. The van der Waals surface area contributed by atoms with E-state index in [0.717, 1.165) is 29.7 Å². The van der Waals surface area contributed by atoms with E-state index in [4.69, 9.17) is 5.41 Å². The molecule has 0 spiro atoms. The Morgan fingerprint density at radius 3 is 2.20 bits per heavy atom. The molecule has 9 rings (SSSR count). The number of nitrogens with one attached hydrogen (secondary N) is 1. The Kier molecular flexibility index (Phi) is 8.22. The van der Waals surface area contributed by atoms with Crippen molar-refractivity contribution < 1.29 is 0 Å². The first-order valence-electron chi connectivity index (χ1n) is 17.8. The molecule has 1 N–H and O–H groups in total. The monoisotopic (exact) mass is 644 g/mol.